The number of nitrogen functional groups attached to an aromatic ring is 1. The predicted molar refractivity (Wildman–Crippen MR) is 128 cm³/mol. The zero-order valence-corrected chi connectivity index (χ0v) is 17.7. The van der Waals surface area contributed by atoms with E-state index < -0.39 is 0 Å². The molecule has 5 aromatic heterocycles. The minimum atomic E-state index is 0.615. The van der Waals surface area contributed by atoms with Gasteiger partial charge in [-0.25, -0.2) is 4.98 Å². The van der Waals surface area contributed by atoms with E-state index in [-0.39, 0.29) is 0 Å². The Kier molecular flexibility index (Phi) is 4.72. The second kappa shape index (κ2) is 7.70. The van der Waals surface area contributed by atoms with Crippen LogP contribution >= 0.6 is 11.3 Å². The van der Waals surface area contributed by atoms with Crippen molar-refractivity contribution >= 4 is 33.6 Å². The highest BCUT2D eigenvalue weighted by Crippen LogP contribution is 2.34. The predicted octanol–water partition coefficient (Wildman–Crippen LogP) is 5.58. The average Bonchev–Trinajstić information content (AvgIpc) is 3.51. The van der Waals surface area contributed by atoms with Gasteiger partial charge < -0.3 is 10.7 Å². The highest BCUT2D eigenvalue weighted by Gasteiger charge is 2.16. The minimum Gasteiger partial charge on any atom is -0.397 e. The number of fused-ring (bicyclic) bond motifs is 1. The van der Waals surface area contributed by atoms with Gasteiger partial charge in [-0.05, 0) is 53.1 Å². The fraction of sp³-hybridized carbons (Fsp3) is 0.0417. The first-order valence-corrected chi connectivity index (χ1v) is 10.7. The molecule has 0 saturated carbocycles. The lowest BCUT2D eigenvalue weighted by molar-refractivity contribution is 1.09. The van der Waals surface area contributed by atoms with Crippen molar-refractivity contribution in [3.05, 3.63) is 89.2 Å². The first-order chi connectivity index (χ1) is 15.1. The monoisotopic (exact) mass is 424 g/mol. The summed E-state index contributed by atoms with van der Waals surface area (Å²) in [7, 11) is 0. The van der Waals surface area contributed by atoms with Gasteiger partial charge in [-0.1, -0.05) is 18.7 Å². The lowest BCUT2D eigenvalue weighted by Gasteiger charge is -2.04. The largest absolute Gasteiger partial charge is 0.397 e. The third-order valence-corrected chi connectivity index (χ3v) is 5.88. The number of anilines is 1. The van der Waals surface area contributed by atoms with Gasteiger partial charge in [0.25, 0.3) is 0 Å². The Morgan fingerprint density at radius 3 is 2.81 bits per heavy atom. The average molecular weight is 425 g/mol. The van der Waals surface area contributed by atoms with Crippen molar-refractivity contribution in [2.75, 3.05) is 5.73 Å². The maximum atomic E-state index is 5.90. The second-order valence-corrected chi connectivity index (χ2v) is 8.03. The van der Waals surface area contributed by atoms with Crippen LogP contribution in [0.2, 0.25) is 0 Å². The summed E-state index contributed by atoms with van der Waals surface area (Å²) in [5, 5.41) is 12.7. The molecule has 5 aromatic rings. The molecular formula is C24H20N6S. The number of pyridine rings is 2. The van der Waals surface area contributed by atoms with Crippen molar-refractivity contribution < 1.29 is 0 Å². The number of hydrogen-bond donors (Lipinski definition) is 3. The van der Waals surface area contributed by atoms with E-state index in [1.807, 2.05) is 18.2 Å². The Balaban J connectivity index is 1.62. The molecule has 0 aliphatic carbocycles. The van der Waals surface area contributed by atoms with Gasteiger partial charge >= 0.3 is 0 Å². The molecule has 152 valence electrons. The Morgan fingerprint density at radius 2 is 2.03 bits per heavy atom. The second-order valence-electron chi connectivity index (χ2n) is 7.25. The molecule has 0 radical (unpaired) electrons. The standard InChI is InChI=1S/C24H20N6S/c1-3-4-19(15-5-6-31-13-15)20-9-22(28-14(20)2)23-21-8-17(11-27-24(21)30-29-23)16-7-18(25)12-26-10-16/h3-13,28H,1,25H2,2H3,(H,27,29,30)/b19-4-. The molecule has 6 nitrogen and oxygen atoms in total. The molecule has 7 heteroatoms. The summed E-state index contributed by atoms with van der Waals surface area (Å²) in [6.45, 7) is 5.96. The third-order valence-electron chi connectivity index (χ3n) is 5.19. The number of nitrogens with one attached hydrogen (secondary N) is 2. The van der Waals surface area contributed by atoms with Crippen LogP contribution in [0.25, 0.3) is 39.1 Å². The quantitative estimate of drug-likeness (QED) is 0.321. The molecule has 0 bridgehead atoms. The van der Waals surface area contributed by atoms with Gasteiger partial charge in [0.2, 0.25) is 0 Å². The van der Waals surface area contributed by atoms with Crippen LogP contribution in [-0.4, -0.2) is 25.1 Å². The van der Waals surface area contributed by atoms with Crippen molar-refractivity contribution in [1.82, 2.24) is 25.1 Å². The molecule has 5 heterocycles. The van der Waals surface area contributed by atoms with Crippen LogP contribution in [-0.2, 0) is 0 Å². The minimum absolute atomic E-state index is 0.615. The van der Waals surface area contributed by atoms with E-state index in [0.29, 0.717) is 11.3 Å². The maximum absolute atomic E-state index is 5.90. The fourth-order valence-electron chi connectivity index (χ4n) is 3.73. The van der Waals surface area contributed by atoms with Crippen LogP contribution in [0.3, 0.4) is 0 Å². The van der Waals surface area contributed by atoms with Crippen molar-refractivity contribution in [1.29, 1.82) is 0 Å². The van der Waals surface area contributed by atoms with Gasteiger partial charge in [-0.15, -0.1) is 0 Å². The van der Waals surface area contributed by atoms with E-state index in [1.165, 1.54) is 5.56 Å². The first kappa shape index (κ1) is 19.0. The zero-order valence-electron chi connectivity index (χ0n) is 16.9. The molecule has 0 saturated heterocycles. The Hall–Kier alpha value is -3.97. The van der Waals surface area contributed by atoms with Gasteiger partial charge in [0.1, 0.15) is 0 Å². The summed E-state index contributed by atoms with van der Waals surface area (Å²) in [5.74, 6) is 0. The van der Waals surface area contributed by atoms with Crippen molar-refractivity contribution in [2.24, 2.45) is 0 Å². The molecule has 0 atom stereocenters. The molecule has 0 fully saturated rings. The molecule has 0 aromatic carbocycles. The highest BCUT2D eigenvalue weighted by molar-refractivity contribution is 7.08. The zero-order chi connectivity index (χ0) is 21.4. The van der Waals surface area contributed by atoms with Crippen molar-refractivity contribution in [3.63, 3.8) is 0 Å². The van der Waals surface area contributed by atoms with Gasteiger partial charge in [-0.2, -0.15) is 16.4 Å². The number of nitrogens with zero attached hydrogens (tertiary/aromatic N) is 3. The van der Waals surface area contributed by atoms with Gasteiger partial charge in [0, 0.05) is 46.4 Å². The van der Waals surface area contributed by atoms with Crippen LogP contribution in [0.15, 0.2) is 72.3 Å². The summed E-state index contributed by atoms with van der Waals surface area (Å²) in [4.78, 5) is 12.2. The highest BCUT2D eigenvalue weighted by atomic mass is 32.1. The number of aromatic amines is 2. The summed E-state index contributed by atoms with van der Waals surface area (Å²) >= 11 is 1.68. The van der Waals surface area contributed by atoms with Gasteiger partial charge in [0.05, 0.1) is 17.1 Å². The summed E-state index contributed by atoms with van der Waals surface area (Å²) in [6, 6.07) is 8.21. The lowest BCUT2D eigenvalue weighted by Crippen LogP contribution is -1.88. The summed E-state index contributed by atoms with van der Waals surface area (Å²) in [5.41, 5.74) is 15.4. The topological polar surface area (TPSA) is 96.3 Å². The SMILES string of the molecule is C=C/C=C(/c1ccsc1)c1cc(-c2[nH]nc3ncc(-c4cncc(N)c4)cc23)[nH]c1C. The van der Waals surface area contributed by atoms with E-state index in [2.05, 4.69) is 67.6 Å². The lowest BCUT2D eigenvalue weighted by atomic mass is 10.00. The van der Waals surface area contributed by atoms with Crippen LogP contribution < -0.4 is 5.73 Å². The van der Waals surface area contributed by atoms with Gasteiger partial charge in [-0.3, -0.25) is 10.1 Å². The fourth-order valence-corrected chi connectivity index (χ4v) is 4.38. The van der Waals surface area contributed by atoms with E-state index in [0.717, 1.165) is 44.7 Å². The smallest absolute Gasteiger partial charge is 0.181 e. The number of aromatic nitrogens is 5. The van der Waals surface area contributed by atoms with Crippen LogP contribution in [0.1, 0.15) is 16.8 Å². The summed E-state index contributed by atoms with van der Waals surface area (Å²) in [6.07, 6.45) is 9.06. The summed E-state index contributed by atoms with van der Waals surface area (Å²) < 4.78 is 0. The van der Waals surface area contributed by atoms with Crippen LogP contribution in [0.5, 0.6) is 0 Å². The molecule has 5 rings (SSSR count). The molecule has 0 spiro atoms. The molecule has 31 heavy (non-hydrogen) atoms. The number of aryl methyl sites for hydroxylation is 1. The number of allylic oxidation sites excluding steroid dienone is 2. The van der Waals surface area contributed by atoms with Gasteiger partial charge in [0.15, 0.2) is 5.65 Å². The van der Waals surface area contributed by atoms with Crippen molar-refractivity contribution in [2.45, 2.75) is 6.92 Å². The number of H-pyrrole nitrogens is 2. The molecule has 0 unspecified atom stereocenters. The molecule has 0 aliphatic heterocycles. The number of rotatable bonds is 5. The molecule has 4 N–H and O–H groups in total. The van der Waals surface area contributed by atoms with E-state index in [9.17, 15) is 0 Å². The van der Waals surface area contributed by atoms with E-state index >= 15 is 0 Å². The van der Waals surface area contributed by atoms with Crippen LogP contribution in [0, 0.1) is 6.92 Å². The third kappa shape index (κ3) is 3.45. The normalized spacial score (nSPS) is 11.8. The van der Waals surface area contributed by atoms with E-state index in [4.69, 9.17) is 5.73 Å². The maximum Gasteiger partial charge on any atom is 0.181 e. The van der Waals surface area contributed by atoms with Crippen LogP contribution in [0.4, 0.5) is 5.69 Å². The Bertz CT molecular complexity index is 1420. The molecule has 0 amide bonds. The first-order valence-electron chi connectivity index (χ1n) is 9.74. The Morgan fingerprint density at radius 1 is 1.16 bits per heavy atom. The molecular weight excluding hydrogens is 404 g/mol. The van der Waals surface area contributed by atoms with Crippen molar-refractivity contribution in [3.8, 4) is 22.5 Å². The number of thiophene rings is 1. The van der Waals surface area contributed by atoms with E-state index in [1.54, 1.807) is 29.9 Å². The Labute approximate surface area is 183 Å². The molecule has 0 aliphatic rings. The number of hydrogen-bond acceptors (Lipinski definition) is 5. The number of nitrogens with two attached hydrogens (primary N) is 1.